The second-order valence-corrected chi connectivity index (χ2v) is 13.9. The van der Waals surface area contributed by atoms with Crippen LogP contribution in [0, 0.1) is 5.92 Å². The zero-order valence-corrected chi connectivity index (χ0v) is 25.0. The molecule has 208 valence electrons. The number of para-hydroxylation sites is 2. The maximum Gasteiger partial charge on any atom is 0.0620 e. The van der Waals surface area contributed by atoms with Gasteiger partial charge in [-0.3, -0.25) is 0 Å². The first-order chi connectivity index (χ1) is 20.8. The molecule has 4 aromatic carbocycles. The lowest BCUT2D eigenvalue weighted by molar-refractivity contribution is 0.632. The normalized spacial score (nSPS) is 21.8. The van der Waals surface area contributed by atoms with Crippen molar-refractivity contribution in [2.75, 3.05) is 4.90 Å². The Labute approximate surface area is 251 Å². The SMILES string of the molecule is CC1(C)C2=CC3C=CC=CC3N2c2cc3c4cc5c(cc4n(-c4ccccc4)c3cc21)C(C)(C)c1cc2ccccc2n1-5. The smallest absolute Gasteiger partial charge is 0.0620 e. The zero-order valence-electron chi connectivity index (χ0n) is 25.0. The van der Waals surface area contributed by atoms with Crippen LogP contribution in [0.5, 0.6) is 0 Å². The number of hydrogen-bond donors (Lipinski definition) is 0. The Morgan fingerprint density at radius 2 is 1.28 bits per heavy atom. The molecule has 10 rings (SSSR count). The molecular weight excluding hydrogens is 522 g/mol. The van der Waals surface area contributed by atoms with E-state index in [1.165, 1.54) is 72.3 Å². The predicted octanol–water partition coefficient (Wildman–Crippen LogP) is 9.47. The Morgan fingerprint density at radius 3 is 2.07 bits per heavy atom. The average Bonchev–Trinajstić information content (AvgIpc) is 3.77. The average molecular weight is 556 g/mol. The number of nitrogens with zero attached hydrogens (tertiary/aromatic N) is 3. The van der Waals surface area contributed by atoms with Crippen molar-refractivity contribution in [1.82, 2.24) is 9.13 Å². The minimum Gasteiger partial charge on any atom is -0.336 e. The Kier molecular flexibility index (Phi) is 4.20. The van der Waals surface area contributed by atoms with Crippen LogP contribution in [0.4, 0.5) is 5.69 Å². The van der Waals surface area contributed by atoms with E-state index in [4.69, 9.17) is 0 Å². The summed E-state index contributed by atoms with van der Waals surface area (Å²) in [7, 11) is 0. The molecule has 0 saturated carbocycles. The molecule has 0 amide bonds. The molecule has 0 saturated heterocycles. The van der Waals surface area contributed by atoms with Crippen molar-refractivity contribution in [1.29, 1.82) is 0 Å². The maximum atomic E-state index is 2.62. The van der Waals surface area contributed by atoms with Gasteiger partial charge in [-0.15, -0.1) is 0 Å². The Balaban J connectivity index is 1.32. The van der Waals surface area contributed by atoms with Crippen LogP contribution in [0.3, 0.4) is 0 Å². The minimum atomic E-state index is -0.102. The molecule has 3 aliphatic heterocycles. The molecule has 2 unspecified atom stereocenters. The van der Waals surface area contributed by atoms with Crippen molar-refractivity contribution in [3.05, 3.63) is 138 Å². The predicted molar refractivity (Wildman–Crippen MR) is 179 cm³/mol. The second-order valence-electron chi connectivity index (χ2n) is 13.9. The van der Waals surface area contributed by atoms with Crippen LogP contribution in [0.15, 0.2) is 121 Å². The molecule has 1 aliphatic carbocycles. The van der Waals surface area contributed by atoms with Crippen LogP contribution >= 0.6 is 0 Å². The third-order valence-electron chi connectivity index (χ3n) is 10.9. The molecule has 3 nitrogen and oxygen atoms in total. The molecule has 6 aromatic rings. The Morgan fingerprint density at radius 1 is 0.605 bits per heavy atom. The van der Waals surface area contributed by atoms with Gasteiger partial charge >= 0.3 is 0 Å². The molecule has 0 bridgehead atoms. The van der Waals surface area contributed by atoms with Gasteiger partial charge < -0.3 is 14.0 Å². The fourth-order valence-corrected chi connectivity index (χ4v) is 8.72. The van der Waals surface area contributed by atoms with Gasteiger partial charge in [-0.05, 0) is 59.7 Å². The summed E-state index contributed by atoms with van der Waals surface area (Å²) >= 11 is 0. The van der Waals surface area contributed by atoms with E-state index < -0.39 is 0 Å². The number of allylic oxidation sites excluding steroid dienone is 3. The van der Waals surface area contributed by atoms with E-state index in [1.807, 2.05) is 0 Å². The van der Waals surface area contributed by atoms with Gasteiger partial charge in [0.25, 0.3) is 0 Å². The van der Waals surface area contributed by atoms with Crippen molar-refractivity contribution in [3.8, 4) is 11.4 Å². The van der Waals surface area contributed by atoms with E-state index >= 15 is 0 Å². The molecule has 0 radical (unpaired) electrons. The van der Waals surface area contributed by atoms with E-state index in [9.17, 15) is 0 Å². The number of benzene rings is 4. The van der Waals surface area contributed by atoms with Gasteiger partial charge in [0.1, 0.15) is 0 Å². The lowest BCUT2D eigenvalue weighted by Crippen LogP contribution is -2.32. The Bertz CT molecular complexity index is 2300. The fraction of sp³-hybridized carbons (Fsp3) is 0.200. The van der Waals surface area contributed by atoms with Gasteiger partial charge in [0.2, 0.25) is 0 Å². The summed E-state index contributed by atoms with van der Waals surface area (Å²) in [5.41, 5.74) is 13.2. The molecule has 4 aliphatic rings. The van der Waals surface area contributed by atoms with Gasteiger partial charge in [-0.2, -0.15) is 0 Å². The highest BCUT2D eigenvalue weighted by atomic mass is 15.2. The first-order valence-corrected chi connectivity index (χ1v) is 15.5. The number of rotatable bonds is 1. The second kappa shape index (κ2) is 7.60. The van der Waals surface area contributed by atoms with Crippen LogP contribution in [0.25, 0.3) is 44.1 Å². The molecular formula is C40H33N3. The number of hydrogen-bond acceptors (Lipinski definition) is 1. The van der Waals surface area contributed by atoms with Gasteiger partial charge in [-0.25, -0.2) is 0 Å². The first-order valence-electron chi connectivity index (χ1n) is 15.5. The topological polar surface area (TPSA) is 13.1 Å². The van der Waals surface area contributed by atoms with Gasteiger partial charge in [0, 0.05) is 55.7 Å². The first kappa shape index (κ1) is 23.8. The van der Waals surface area contributed by atoms with Crippen molar-refractivity contribution in [2.24, 2.45) is 5.92 Å². The summed E-state index contributed by atoms with van der Waals surface area (Å²) in [4.78, 5) is 2.62. The largest absolute Gasteiger partial charge is 0.336 e. The zero-order chi connectivity index (χ0) is 28.8. The lowest BCUT2D eigenvalue weighted by atomic mass is 9.82. The molecule has 0 N–H and O–H groups in total. The third kappa shape index (κ3) is 2.77. The summed E-state index contributed by atoms with van der Waals surface area (Å²) in [6.07, 6.45) is 11.7. The number of fused-ring (bicyclic) bond motifs is 13. The van der Waals surface area contributed by atoms with Crippen LogP contribution in [-0.4, -0.2) is 15.2 Å². The monoisotopic (exact) mass is 555 g/mol. The molecule has 5 heterocycles. The molecule has 2 aromatic heterocycles. The highest BCUT2D eigenvalue weighted by Gasteiger charge is 2.48. The quantitative estimate of drug-likeness (QED) is 0.197. The van der Waals surface area contributed by atoms with Crippen LogP contribution < -0.4 is 4.90 Å². The molecule has 0 spiro atoms. The van der Waals surface area contributed by atoms with Crippen molar-refractivity contribution in [3.63, 3.8) is 0 Å². The van der Waals surface area contributed by atoms with Gasteiger partial charge in [0.15, 0.2) is 0 Å². The maximum absolute atomic E-state index is 2.62. The van der Waals surface area contributed by atoms with Crippen molar-refractivity contribution >= 4 is 38.4 Å². The van der Waals surface area contributed by atoms with Gasteiger partial charge in [-0.1, -0.05) is 94.5 Å². The lowest BCUT2D eigenvalue weighted by Gasteiger charge is -2.28. The van der Waals surface area contributed by atoms with Crippen molar-refractivity contribution in [2.45, 2.75) is 44.6 Å². The highest BCUT2D eigenvalue weighted by Crippen LogP contribution is 2.56. The van der Waals surface area contributed by atoms with Crippen molar-refractivity contribution < 1.29 is 0 Å². The summed E-state index contributed by atoms with van der Waals surface area (Å²) in [6, 6.07) is 32.4. The van der Waals surface area contributed by atoms with E-state index in [0.29, 0.717) is 12.0 Å². The summed E-state index contributed by atoms with van der Waals surface area (Å²) < 4.78 is 5.02. The minimum absolute atomic E-state index is 0.0662. The summed E-state index contributed by atoms with van der Waals surface area (Å²) in [5, 5.41) is 3.94. The Hall–Kier alpha value is -4.76. The van der Waals surface area contributed by atoms with E-state index in [-0.39, 0.29) is 10.8 Å². The van der Waals surface area contributed by atoms with E-state index in [1.54, 1.807) is 0 Å². The van der Waals surface area contributed by atoms with E-state index in [2.05, 4.69) is 157 Å². The van der Waals surface area contributed by atoms with Crippen LogP contribution in [-0.2, 0) is 10.8 Å². The van der Waals surface area contributed by atoms with Crippen LogP contribution in [0.1, 0.15) is 44.5 Å². The van der Waals surface area contributed by atoms with Crippen LogP contribution in [0.2, 0.25) is 0 Å². The third-order valence-corrected chi connectivity index (χ3v) is 10.9. The fourth-order valence-electron chi connectivity index (χ4n) is 8.72. The summed E-state index contributed by atoms with van der Waals surface area (Å²) in [5.74, 6) is 0.430. The molecule has 0 fully saturated rings. The standard InChI is InChI=1S/C40H33N3/c1-39(2)29-22-33-27(20-35(29)42-31-16-10-8-12-24(31)18-37(39)42)28-21-36-30(23-34(28)41(33)26-14-6-5-7-15-26)40(3,4)38-19-25-13-9-11-17-32(25)43(36)38/h5-24,31H,1-4H3. The van der Waals surface area contributed by atoms with Gasteiger partial charge in [0.05, 0.1) is 28.3 Å². The molecule has 2 atom stereocenters. The number of aromatic nitrogens is 2. The molecule has 43 heavy (non-hydrogen) atoms. The summed E-state index contributed by atoms with van der Waals surface area (Å²) in [6.45, 7) is 9.57. The number of anilines is 1. The molecule has 3 heteroatoms. The highest BCUT2D eigenvalue weighted by molar-refractivity contribution is 6.12. The van der Waals surface area contributed by atoms with E-state index in [0.717, 1.165) is 0 Å².